The fourth-order valence-corrected chi connectivity index (χ4v) is 3.19. The fourth-order valence-electron chi connectivity index (χ4n) is 3.19. The Hall–Kier alpha value is -2.45. The second-order valence-corrected chi connectivity index (χ2v) is 6.73. The average Bonchev–Trinajstić information content (AvgIpc) is 2.63. The number of amides is 1. The lowest BCUT2D eigenvalue weighted by atomic mass is 9.95. The topological polar surface area (TPSA) is 80.0 Å². The lowest BCUT2D eigenvalue weighted by Crippen LogP contribution is -2.47. The predicted molar refractivity (Wildman–Crippen MR) is 101 cm³/mol. The molecule has 28 heavy (non-hydrogen) atoms. The number of nitrogens with two attached hydrogens (primary N) is 1. The molecule has 0 saturated carbocycles. The van der Waals surface area contributed by atoms with Crippen molar-refractivity contribution in [2.45, 2.75) is 32.4 Å². The molecule has 1 aliphatic rings. The van der Waals surface area contributed by atoms with Gasteiger partial charge in [0.1, 0.15) is 12.4 Å². The number of carbonyl (C=O) groups excluding carboxylic acids is 1. The minimum atomic E-state index is -4.36. The van der Waals surface area contributed by atoms with Gasteiger partial charge in [-0.2, -0.15) is 13.2 Å². The number of guanidine groups is 1. The van der Waals surface area contributed by atoms with E-state index < -0.39 is 11.7 Å². The first-order chi connectivity index (χ1) is 13.3. The zero-order chi connectivity index (χ0) is 20.6. The van der Waals surface area contributed by atoms with Crippen LogP contribution in [0.4, 0.5) is 13.2 Å². The van der Waals surface area contributed by atoms with E-state index >= 15 is 0 Å². The molecule has 0 spiro atoms. The van der Waals surface area contributed by atoms with Crippen LogP contribution < -0.4 is 15.8 Å². The first kappa shape index (κ1) is 21.8. The van der Waals surface area contributed by atoms with Gasteiger partial charge in [0.05, 0.1) is 12.1 Å². The van der Waals surface area contributed by atoms with Crippen molar-refractivity contribution in [3.8, 4) is 5.75 Å². The predicted octanol–water partition coefficient (Wildman–Crippen LogP) is 2.64. The van der Waals surface area contributed by atoms with Gasteiger partial charge in [0, 0.05) is 26.1 Å². The summed E-state index contributed by atoms with van der Waals surface area (Å²) in [5.41, 5.74) is 4.60. The normalized spacial score (nSPS) is 18.1. The van der Waals surface area contributed by atoms with Crippen LogP contribution in [0, 0.1) is 5.92 Å². The molecular formula is C19H27F3N4O2. The molecule has 0 radical (unpaired) electrons. The van der Waals surface area contributed by atoms with Crippen molar-refractivity contribution in [3.63, 3.8) is 0 Å². The van der Waals surface area contributed by atoms with Gasteiger partial charge < -0.3 is 20.7 Å². The molecule has 2 rings (SSSR count). The highest BCUT2D eigenvalue weighted by Crippen LogP contribution is 2.30. The Morgan fingerprint density at radius 3 is 2.68 bits per heavy atom. The number of piperidine rings is 1. The van der Waals surface area contributed by atoms with Crippen LogP contribution in [0.25, 0.3) is 0 Å². The summed E-state index contributed by atoms with van der Waals surface area (Å²) < 4.78 is 43.2. The van der Waals surface area contributed by atoms with E-state index in [-0.39, 0.29) is 18.4 Å². The fraction of sp³-hybridized carbons (Fsp3) is 0.579. The number of rotatable bonds is 7. The Balaban J connectivity index is 1.87. The zero-order valence-electron chi connectivity index (χ0n) is 16.0. The smallest absolute Gasteiger partial charge is 0.416 e. The van der Waals surface area contributed by atoms with Crippen LogP contribution in [-0.2, 0) is 11.0 Å². The van der Waals surface area contributed by atoms with E-state index in [0.717, 1.165) is 37.5 Å². The standard InChI is InChI=1S/C19H27F3N4O2/c1-2-24-18(26-10-3-4-14(13-26)12-17(23)27)25-9-11-28-16-7-5-15(6-8-16)19(20,21)22/h5-8,14H,2-4,9-13H2,1H3,(H2,23,27)(H,24,25). The molecule has 6 nitrogen and oxygen atoms in total. The Labute approximate surface area is 162 Å². The maximum atomic E-state index is 12.6. The molecule has 9 heteroatoms. The van der Waals surface area contributed by atoms with Crippen molar-refractivity contribution in [2.75, 3.05) is 32.8 Å². The van der Waals surface area contributed by atoms with Crippen LogP contribution in [0.1, 0.15) is 31.7 Å². The molecule has 0 bridgehead atoms. The Kier molecular flexibility index (Phi) is 7.95. The Morgan fingerprint density at radius 1 is 1.36 bits per heavy atom. The van der Waals surface area contributed by atoms with Gasteiger partial charge >= 0.3 is 6.18 Å². The molecule has 156 valence electrons. The monoisotopic (exact) mass is 400 g/mol. The Bertz CT molecular complexity index is 662. The van der Waals surface area contributed by atoms with Crippen molar-refractivity contribution in [3.05, 3.63) is 29.8 Å². The molecular weight excluding hydrogens is 373 g/mol. The van der Waals surface area contributed by atoms with Crippen LogP contribution in [0.15, 0.2) is 29.3 Å². The second kappa shape index (κ2) is 10.2. The van der Waals surface area contributed by atoms with Gasteiger partial charge in [-0.05, 0) is 49.9 Å². The van der Waals surface area contributed by atoms with E-state index in [1.54, 1.807) is 0 Å². The number of carbonyl (C=O) groups is 1. The summed E-state index contributed by atoms with van der Waals surface area (Å²) in [7, 11) is 0. The lowest BCUT2D eigenvalue weighted by Gasteiger charge is -2.34. The number of benzene rings is 1. The van der Waals surface area contributed by atoms with Crippen LogP contribution in [0.5, 0.6) is 5.75 Å². The summed E-state index contributed by atoms with van der Waals surface area (Å²) in [6.07, 6.45) is -2.06. The molecule has 3 N–H and O–H groups in total. The zero-order valence-corrected chi connectivity index (χ0v) is 16.0. The molecule has 1 atom stereocenters. The van der Waals surface area contributed by atoms with Gasteiger partial charge in [-0.3, -0.25) is 4.79 Å². The number of likely N-dealkylation sites (tertiary alicyclic amines) is 1. The van der Waals surface area contributed by atoms with Gasteiger partial charge in [0.15, 0.2) is 5.96 Å². The van der Waals surface area contributed by atoms with Crippen LogP contribution in [0.3, 0.4) is 0 Å². The number of nitrogens with zero attached hydrogens (tertiary/aromatic N) is 2. The number of nitrogens with one attached hydrogen (secondary N) is 1. The lowest BCUT2D eigenvalue weighted by molar-refractivity contribution is -0.137. The van der Waals surface area contributed by atoms with Gasteiger partial charge in [-0.1, -0.05) is 0 Å². The van der Waals surface area contributed by atoms with Crippen molar-refractivity contribution in [2.24, 2.45) is 16.6 Å². The largest absolute Gasteiger partial charge is 0.492 e. The number of hydrogen-bond donors (Lipinski definition) is 2. The minimum absolute atomic E-state index is 0.221. The summed E-state index contributed by atoms with van der Waals surface area (Å²) in [5, 5.41) is 3.23. The third-order valence-electron chi connectivity index (χ3n) is 4.45. The number of hydrogen-bond acceptors (Lipinski definition) is 3. The van der Waals surface area contributed by atoms with E-state index in [1.807, 2.05) is 6.92 Å². The van der Waals surface area contributed by atoms with Crippen molar-refractivity contribution >= 4 is 11.9 Å². The first-order valence-corrected chi connectivity index (χ1v) is 9.41. The van der Waals surface area contributed by atoms with E-state index in [1.165, 1.54) is 12.1 Å². The molecule has 1 amide bonds. The van der Waals surface area contributed by atoms with Gasteiger partial charge in [-0.25, -0.2) is 4.99 Å². The van der Waals surface area contributed by atoms with E-state index in [0.29, 0.717) is 31.8 Å². The summed E-state index contributed by atoms with van der Waals surface area (Å²) >= 11 is 0. The molecule has 1 aromatic rings. The van der Waals surface area contributed by atoms with E-state index in [4.69, 9.17) is 10.5 Å². The third-order valence-corrected chi connectivity index (χ3v) is 4.45. The third kappa shape index (κ3) is 6.94. The van der Waals surface area contributed by atoms with Crippen LogP contribution in [-0.4, -0.2) is 49.6 Å². The van der Waals surface area contributed by atoms with Gasteiger partial charge in [0.2, 0.25) is 5.91 Å². The summed E-state index contributed by atoms with van der Waals surface area (Å²) in [6, 6.07) is 4.60. The van der Waals surface area contributed by atoms with E-state index in [2.05, 4.69) is 15.2 Å². The maximum Gasteiger partial charge on any atom is 0.416 e. The molecule has 1 saturated heterocycles. The average molecular weight is 400 g/mol. The Morgan fingerprint density at radius 2 is 2.07 bits per heavy atom. The van der Waals surface area contributed by atoms with Gasteiger partial charge in [-0.15, -0.1) is 0 Å². The first-order valence-electron chi connectivity index (χ1n) is 9.41. The molecule has 0 aromatic heterocycles. The van der Waals surface area contributed by atoms with Crippen LogP contribution in [0.2, 0.25) is 0 Å². The molecule has 1 aromatic carbocycles. The molecule has 1 fully saturated rings. The number of aliphatic imine (C=N–C) groups is 1. The highest BCUT2D eigenvalue weighted by molar-refractivity contribution is 5.80. The molecule has 0 aliphatic carbocycles. The number of ether oxygens (including phenoxy) is 1. The van der Waals surface area contributed by atoms with Crippen molar-refractivity contribution < 1.29 is 22.7 Å². The van der Waals surface area contributed by atoms with Gasteiger partial charge in [0.25, 0.3) is 0 Å². The molecule has 1 aliphatic heterocycles. The summed E-state index contributed by atoms with van der Waals surface area (Å²) in [5.74, 6) is 1.04. The highest BCUT2D eigenvalue weighted by atomic mass is 19.4. The number of halogens is 3. The molecule has 1 unspecified atom stereocenters. The quantitative estimate of drug-likeness (QED) is 0.419. The summed E-state index contributed by atoms with van der Waals surface area (Å²) in [4.78, 5) is 17.8. The number of primary amides is 1. The van der Waals surface area contributed by atoms with Crippen molar-refractivity contribution in [1.82, 2.24) is 10.2 Å². The summed E-state index contributed by atoms with van der Waals surface area (Å²) in [6.45, 7) is 4.85. The second-order valence-electron chi connectivity index (χ2n) is 6.73. The maximum absolute atomic E-state index is 12.6. The molecule has 1 heterocycles. The minimum Gasteiger partial charge on any atom is -0.492 e. The highest BCUT2D eigenvalue weighted by Gasteiger charge is 2.30. The number of alkyl halides is 3. The van der Waals surface area contributed by atoms with E-state index in [9.17, 15) is 18.0 Å². The van der Waals surface area contributed by atoms with Crippen molar-refractivity contribution in [1.29, 1.82) is 0 Å². The SMILES string of the molecule is CCNC(=NCCOc1ccc(C(F)(F)F)cc1)N1CCCC(CC(N)=O)C1. The van der Waals surface area contributed by atoms with Crippen LogP contribution >= 0.6 is 0 Å².